The molecule has 112 valence electrons. The van der Waals surface area contributed by atoms with Gasteiger partial charge in [0.05, 0.1) is 6.20 Å². The molecule has 0 saturated heterocycles. The van der Waals surface area contributed by atoms with E-state index in [2.05, 4.69) is 9.72 Å². The van der Waals surface area contributed by atoms with Crippen molar-refractivity contribution in [2.75, 3.05) is 0 Å². The smallest absolute Gasteiger partial charge is 0.439 e. The van der Waals surface area contributed by atoms with Crippen molar-refractivity contribution in [2.24, 2.45) is 5.73 Å². The number of benzene rings is 1. The number of alkyl halides is 3. The van der Waals surface area contributed by atoms with Gasteiger partial charge in [0.1, 0.15) is 17.3 Å². The van der Waals surface area contributed by atoms with Gasteiger partial charge in [-0.25, -0.2) is 9.37 Å². The Morgan fingerprint density at radius 1 is 1.10 bits per heavy atom. The van der Waals surface area contributed by atoms with Gasteiger partial charge in [-0.1, -0.05) is 0 Å². The number of ether oxygens (including phenoxy) is 2. The van der Waals surface area contributed by atoms with Gasteiger partial charge in [-0.05, 0) is 30.3 Å². The maximum atomic E-state index is 13.0. The molecule has 8 heteroatoms. The fourth-order valence-electron chi connectivity index (χ4n) is 1.53. The molecule has 0 aliphatic carbocycles. The van der Waals surface area contributed by atoms with Crippen molar-refractivity contribution in [3.05, 3.63) is 47.9 Å². The molecule has 2 N–H and O–H groups in total. The normalized spacial score (nSPS) is 11.3. The number of pyridine rings is 1. The fraction of sp³-hybridized carbons (Fsp3) is 0.154. The minimum Gasteiger partial charge on any atom is -0.439 e. The first kappa shape index (κ1) is 15.0. The molecular weight excluding hydrogens is 292 g/mol. The van der Waals surface area contributed by atoms with Gasteiger partial charge in [-0.3, -0.25) is 0 Å². The molecule has 0 spiro atoms. The third kappa shape index (κ3) is 4.32. The average molecular weight is 302 g/mol. The predicted octanol–water partition coefficient (Wildman–Crippen LogP) is 3.37. The SMILES string of the molecule is NCc1cc(F)cnc1Oc1ccc(OC(F)(F)F)cc1. The zero-order valence-electron chi connectivity index (χ0n) is 10.5. The Morgan fingerprint density at radius 3 is 2.29 bits per heavy atom. The summed E-state index contributed by atoms with van der Waals surface area (Å²) in [6.45, 7) is 0.00929. The Labute approximate surface area is 117 Å². The van der Waals surface area contributed by atoms with E-state index in [0.29, 0.717) is 5.56 Å². The van der Waals surface area contributed by atoms with Gasteiger partial charge in [-0.2, -0.15) is 0 Å². The molecule has 0 unspecified atom stereocenters. The maximum absolute atomic E-state index is 13.0. The van der Waals surface area contributed by atoms with Crippen LogP contribution in [0.4, 0.5) is 17.6 Å². The molecule has 2 aromatic rings. The summed E-state index contributed by atoms with van der Waals surface area (Å²) < 4.78 is 58.1. The molecule has 4 nitrogen and oxygen atoms in total. The first-order valence-electron chi connectivity index (χ1n) is 5.75. The number of nitrogens with zero attached hydrogens (tertiary/aromatic N) is 1. The highest BCUT2D eigenvalue weighted by atomic mass is 19.4. The zero-order chi connectivity index (χ0) is 15.5. The molecule has 0 atom stereocenters. The molecule has 1 aromatic carbocycles. The van der Waals surface area contributed by atoms with E-state index in [1.165, 1.54) is 18.2 Å². The Balaban J connectivity index is 2.14. The quantitative estimate of drug-likeness (QED) is 0.880. The molecule has 1 heterocycles. The van der Waals surface area contributed by atoms with Crippen LogP contribution in [-0.4, -0.2) is 11.3 Å². The van der Waals surface area contributed by atoms with Crippen LogP contribution in [0.15, 0.2) is 36.5 Å². The second-order valence-corrected chi connectivity index (χ2v) is 3.94. The van der Waals surface area contributed by atoms with Gasteiger partial charge in [0.15, 0.2) is 0 Å². The number of rotatable bonds is 4. The number of hydrogen-bond donors (Lipinski definition) is 1. The standard InChI is InChI=1S/C13H10F4N2O2/c14-9-5-8(6-18)12(19-7-9)20-10-1-3-11(4-2-10)21-13(15,16)17/h1-5,7H,6,18H2. The van der Waals surface area contributed by atoms with E-state index in [9.17, 15) is 17.6 Å². The van der Waals surface area contributed by atoms with Crippen LogP contribution in [0.2, 0.25) is 0 Å². The molecule has 0 amide bonds. The predicted molar refractivity (Wildman–Crippen MR) is 65.3 cm³/mol. The zero-order valence-corrected chi connectivity index (χ0v) is 10.5. The summed E-state index contributed by atoms with van der Waals surface area (Å²) in [7, 11) is 0. The Hall–Kier alpha value is -2.35. The highest BCUT2D eigenvalue weighted by Crippen LogP contribution is 2.28. The van der Waals surface area contributed by atoms with Crippen molar-refractivity contribution < 1.29 is 27.0 Å². The van der Waals surface area contributed by atoms with Crippen molar-refractivity contribution >= 4 is 0 Å². The summed E-state index contributed by atoms with van der Waals surface area (Å²) in [6, 6.07) is 5.89. The van der Waals surface area contributed by atoms with E-state index in [1.807, 2.05) is 0 Å². The molecule has 1 aromatic heterocycles. The van der Waals surface area contributed by atoms with Gasteiger partial charge >= 0.3 is 6.36 Å². The third-order valence-corrected chi connectivity index (χ3v) is 2.38. The minimum atomic E-state index is -4.76. The van der Waals surface area contributed by atoms with Gasteiger partial charge in [0, 0.05) is 12.1 Å². The lowest BCUT2D eigenvalue weighted by molar-refractivity contribution is -0.274. The van der Waals surface area contributed by atoms with Gasteiger partial charge < -0.3 is 15.2 Å². The van der Waals surface area contributed by atoms with Crippen LogP contribution in [0.3, 0.4) is 0 Å². The van der Waals surface area contributed by atoms with Crippen molar-refractivity contribution in [2.45, 2.75) is 12.9 Å². The summed E-state index contributed by atoms with van der Waals surface area (Å²) in [6.07, 6.45) is -3.80. The van der Waals surface area contributed by atoms with Gasteiger partial charge in [-0.15, -0.1) is 13.2 Å². The Morgan fingerprint density at radius 2 is 1.71 bits per heavy atom. The molecular formula is C13H10F4N2O2. The van der Waals surface area contributed by atoms with Crippen LogP contribution < -0.4 is 15.2 Å². The molecule has 0 aliphatic rings. The number of halogens is 4. The van der Waals surface area contributed by atoms with E-state index >= 15 is 0 Å². The fourth-order valence-corrected chi connectivity index (χ4v) is 1.53. The maximum Gasteiger partial charge on any atom is 0.573 e. The van der Waals surface area contributed by atoms with Crippen LogP contribution in [0.5, 0.6) is 17.4 Å². The molecule has 0 radical (unpaired) electrons. The Bertz CT molecular complexity index is 615. The van der Waals surface area contributed by atoms with Gasteiger partial charge in [0.25, 0.3) is 0 Å². The second-order valence-electron chi connectivity index (χ2n) is 3.94. The number of nitrogens with two attached hydrogens (primary N) is 1. The Kier molecular flexibility index (Phi) is 4.27. The third-order valence-electron chi connectivity index (χ3n) is 2.38. The van der Waals surface area contributed by atoms with Gasteiger partial charge in [0.2, 0.25) is 5.88 Å². The molecule has 0 bridgehead atoms. The monoisotopic (exact) mass is 302 g/mol. The highest BCUT2D eigenvalue weighted by molar-refractivity contribution is 5.36. The first-order chi connectivity index (χ1) is 9.87. The van der Waals surface area contributed by atoms with Crippen LogP contribution in [0.1, 0.15) is 5.56 Å². The molecule has 2 rings (SSSR count). The lowest BCUT2D eigenvalue weighted by atomic mass is 10.2. The van der Waals surface area contributed by atoms with Crippen molar-refractivity contribution in [3.63, 3.8) is 0 Å². The summed E-state index contributed by atoms with van der Waals surface area (Å²) >= 11 is 0. The van der Waals surface area contributed by atoms with Crippen molar-refractivity contribution in [3.8, 4) is 17.4 Å². The van der Waals surface area contributed by atoms with Crippen LogP contribution in [-0.2, 0) is 6.54 Å². The van der Waals surface area contributed by atoms with E-state index in [-0.39, 0.29) is 23.9 Å². The number of hydrogen-bond acceptors (Lipinski definition) is 4. The summed E-state index contributed by atoms with van der Waals surface area (Å²) in [5, 5.41) is 0. The molecule has 0 saturated carbocycles. The topological polar surface area (TPSA) is 57.4 Å². The minimum absolute atomic E-state index is 0.00929. The van der Waals surface area contributed by atoms with E-state index < -0.39 is 12.2 Å². The van der Waals surface area contributed by atoms with Crippen molar-refractivity contribution in [1.29, 1.82) is 0 Å². The molecule has 0 fully saturated rings. The lowest BCUT2D eigenvalue weighted by Gasteiger charge is -2.11. The second kappa shape index (κ2) is 5.96. The number of aromatic nitrogens is 1. The van der Waals surface area contributed by atoms with E-state index in [1.54, 1.807) is 0 Å². The van der Waals surface area contributed by atoms with E-state index in [0.717, 1.165) is 18.3 Å². The summed E-state index contributed by atoms with van der Waals surface area (Å²) in [5.41, 5.74) is 5.77. The van der Waals surface area contributed by atoms with Crippen molar-refractivity contribution in [1.82, 2.24) is 4.98 Å². The largest absolute Gasteiger partial charge is 0.573 e. The van der Waals surface area contributed by atoms with Crippen LogP contribution >= 0.6 is 0 Å². The van der Waals surface area contributed by atoms with E-state index in [4.69, 9.17) is 10.5 Å². The van der Waals surface area contributed by atoms with Crippen LogP contribution in [0, 0.1) is 5.82 Å². The molecule has 0 aliphatic heterocycles. The van der Waals surface area contributed by atoms with Crippen LogP contribution in [0.25, 0.3) is 0 Å². The summed E-state index contributed by atoms with van der Waals surface area (Å²) in [4.78, 5) is 3.74. The summed E-state index contributed by atoms with van der Waals surface area (Å²) in [5.74, 6) is -0.626. The first-order valence-corrected chi connectivity index (χ1v) is 5.75. The average Bonchev–Trinajstić information content (AvgIpc) is 2.41. The molecule has 21 heavy (non-hydrogen) atoms. The highest BCUT2D eigenvalue weighted by Gasteiger charge is 2.30. The lowest BCUT2D eigenvalue weighted by Crippen LogP contribution is -2.16.